The van der Waals surface area contributed by atoms with Crippen molar-refractivity contribution in [3.05, 3.63) is 66.0 Å². The third-order valence-electron chi connectivity index (χ3n) is 11.6. The van der Waals surface area contributed by atoms with Crippen molar-refractivity contribution in [2.24, 2.45) is 17.3 Å². The molecule has 1 aromatic heterocycles. The maximum Gasteiger partial charge on any atom is 0.230 e. The van der Waals surface area contributed by atoms with Crippen molar-refractivity contribution in [2.45, 2.75) is 110 Å². The molecule has 4 saturated carbocycles. The first kappa shape index (κ1) is 31.6. The van der Waals surface area contributed by atoms with Gasteiger partial charge in [-0.2, -0.15) is 5.10 Å². The Morgan fingerprint density at radius 1 is 0.933 bits per heavy atom. The maximum absolute atomic E-state index is 14.5. The van der Waals surface area contributed by atoms with Crippen LogP contribution in [0.3, 0.4) is 0 Å². The second-order valence-electron chi connectivity index (χ2n) is 15.4. The number of ketones is 1. The summed E-state index contributed by atoms with van der Waals surface area (Å²) in [4.78, 5) is 28.7. The number of nitrogens with zero attached hydrogens (tertiary/aromatic N) is 3. The molecule has 6 heteroatoms. The Balaban J connectivity index is 1.27. The van der Waals surface area contributed by atoms with E-state index in [9.17, 15) is 9.59 Å². The van der Waals surface area contributed by atoms with E-state index >= 15 is 0 Å². The maximum atomic E-state index is 14.5. The van der Waals surface area contributed by atoms with E-state index in [-0.39, 0.29) is 39.9 Å². The van der Waals surface area contributed by atoms with Gasteiger partial charge in [0.25, 0.3) is 0 Å². The van der Waals surface area contributed by atoms with E-state index in [4.69, 9.17) is 4.74 Å². The van der Waals surface area contributed by atoms with Gasteiger partial charge < -0.3 is 9.64 Å². The molecule has 6 nitrogen and oxygen atoms in total. The van der Waals surface area contributed by atoms with E-state index in [1.807, 2.05) is 10.9 Å². The van der Waals surface area contributed by atoms with Crippen LogP contribution in [0.2, 0.25) is 0 Å². The number of fused-ring (bicyclic) bond motifs is 3. The zero-order valence-electron chi connectivity index (χ0n) is 28.2. The van der Waals surface area contributed by atoms with E-state index in [2.05, 4.69) is 86.4 Å². The predicted molar refractivity (Wildman–Crippen MR) is 181 cm³/mol. The van der Waals surface area contributed by atoms with E-state index < -0.39 is 0 Å². The number of anilines is 1. The average Bonchev–Trinajstić information content (AvgIpc) is 3.56. The van der Waals surface area contributed by atoms with Crippen LogP contribution in [-0.4, -0.2) is 35.1 Å². The monoisotopic (exact) mass is 609 g/mol. The molecule has 0 spiro atoms. The van der Waals surface area contributed by atoms with Crippen LogP contribution in [0.25, 0.3) is 11.1 Å². The van der Waals surface area contributed by atoms with Gasteiger partial charge in [0.15, 0.2) is 0 Å². The molecule has 1 heterocycles. The number of benzene rings is 2. The molecule has 0 N–H and O–H groups in total. The molecule has 0 aliphatic heterocycles. The minimum Gasteiger partial charge on any atom is -0.496 e. The summed E-state index contributed by atoms with van der Waals surface area (Å²) in [5.74, 6) is 1.53. The van der Waals surface area contributed by atoms with Crippen LogP contribution in [-0.2, 0) is 20.5 Å². The van der Waals surface area contributed by atoms with Crippen molar-refractivity contribution in [3.63, 3.8) is 0 Å². The largest absolute Gasteiger partial charge is 0.496 e. The smallest absolute Gasteiger partial charge is 0.230 e. The molecule has 0 unspecified atom stereocenters. The molecule has 4 aliphatic carbocycles. The Kier molecular flexibility index (Phi) is 8.47. The fourth-order valence-electron chi connectivity index (χ4n) is 8.43. The number of carbonyl (C=O) groups excluding carboxylic acids is 2. The van der Waals surface area contributed by atoms with Crippen LogP contribution in [0.15, 0.2) is 54.9 Å². The van der Waals surface area contributed by atoms with Gasteiger partial charge in [-0.25, -0.2) is 0 Å². The fraction of sp³-hybridized carbons (Fsp3) is 0.564. The topological polar surface area (TPSA) is 64.4 Å². The number of rotatable bonds is 8. The van der Waals surface area contributed by atoms with E-state index in [1.165, 1.54) is 11.1 Å². The zero-order chi connectivity index (χ0) is 32.0. The second kappa shape index (κ2) is 12.1. The number of aryl methyl sites for hydroxylation is 1. The minimum absolute atomic E-state index is 0.0298. The molecule has 3 aromatic rings. The van der Waals surface area contributed by atoms with Gasteiger partial charge in [0.05, 0.1) is 18.8 Å². The van der Waals surface area contributed by atoms with Gasteiger partial charge in [0.2, 0.25) is 5.91 Å². The van der Waals surface area contributed by atoms with Crippen LogP contribution >= 0.6 is 0 Å². The minimum atomic E-state index is -0.0998. The number of methoxy groups -OCH3 is 1. The molecular formula is C39H51N3O3. The summed E-state index contributed by atoms with van der Waals surface area (Å²) in [6.45, 7) is 11.1. The quantitative estimate of drug-likeness (QED) is 0.256. The number of aromatic nitrogens is 2. The molecule has 2 bridgehead atoms. The summed E-state index contributed by atoms with van der Waals surface area (Å²) in [6.07, 6.45) is 14.2. The van der Waals surface area contributed by atoms with E-state index in [1.54, 1.807) is 14.0 Å². The molecule has 7 rings (SSSR count). The number of hydrogen-bond donors (Lipinski definition) is 0. The summed E-state index contributed by atoms with van der Waals surface area (Å²) in [6, 6.07) is 15.3. The van der Waals surface area contributed by atoms with Crippen molar-refractivity contribution in [3.8, 4) is 16.9 Å². The van der Waals surface area contributed by atoms with E-state index in [0.717, 1.165) is 93.3 Å². The SMILES string of the molecule is COc1ccc(C23CCC(CN(C(=O)C4CCC(C(C)=O)CC4)c4cccc(-c5cnn(C(C)(C)C)c5)c4)(CC2)CC3)cc1C. The highest BCUT2D eigenvalue weighted by molar-refractivity contribution is 5.96. The lowest BCUT2D eigenvalue weighted by Crippen LogP contribution is -2.51. The Labute approximate surface area is 269 Å². The highest BCUT2D eigenvalue weighted by atomic mass is 16.5. The summed E-state index contributed by atoms with van der Waals surface area (Å²) < 4.78 is 7.55. The molecule has 0 saturated heterocycles. The molecule has 1 amide bonds. The molecule has 2 aromatic carbocycles. The van der Waals surface area contributed by atoms with Crippen LogP contribution in [0.1, 0.15) is 103 Å². The lowest BCUT2D eigenvalue weighted by Gasteiger charge is -2.55. The van der Waals surface area contributed by atoms with Gasteiger partial charge in [-0.15, -0.1) is 0 Å². The van der Waals surface area contributed by atoms with Crippen molar-refractivity contribution >= 4 is 17.4 Å². The third-order valence-corrected chi connectivity index (χ3v) is 11.6. The summed E-state index contributed by atoms with van der Waals surface area (Å²) in [5, 5.41) is 4.64. The van der Waals surface area contributed by atoms with Crippen molar-refractivity contribution in [2.75, 3.05) is 18.6 Å². The van der Waals surface area contributed by atoms with Crippen LogP contribution in [0.4, 0.5) is 5.69 Å². The Morgan fingerprint density at radius 3 is 2.18 bits per heavy atom. The average molecular weight is 610 g/mol. The normalized spacial score (nSPS) is 26.4. The van der Waals surface area contributed by atoms with Gasteiger partial charge in [0, 0.05) is 35.8 Å². The lowest BCUT2D eigenvalue weighted by atomic mass is 9.51. The van der Waals surface area contributed by atoms with Crippen molar-refractivity contribution in [1.82, 2.24) is 9.78 Å². The lowest BCUT2D eigenvalue weighted by molar-refractivity contribution is -0.127. The van der Waals surface area contributed by atoms with Gasteiger partial charge in [-0.3, -0.25) is 14.3 Å². The first-order valence-corrected chi connectivity index (χ1v) is 17.0. The zero-order valence-corrected chi connectivity index (χ0v) is 28.2. The Bertz CT molecular complexity index is 1530. The molecule has 4 fully saturated rings. The number of ether oxygens (including phenoxy) is 1. The summed E-state index contributed by atoms with van der Waals surface area (Å²) in [5.41, 5.74) is 6.04. The molecule has 0 radical (unpaired) electrons. The first-order chi connectivity index (χ1) is 21.4. The summed E-state index contributed by atoms with van der Waals surface area (Å²) in [7, 11) is 1.74. The standard InChI is InChI=1S/C39H51N3O3/c1-27-22-33(14-15-35(27)45-6)39-19-16-38(17-20-39,18-21-39)26-41(36(44)30-12-10-29(11-13-30)28(2)43)34-9-7-8-31(23-34)32-24-40-42(25-32)37(3,4)5/h7-9,14-15,22-25,29-30H,10-13,16-21,26H2,1-6H3. The van der Waals surface area contributed by atoms with Gasteiger partial charge in [-0.1, -0.05) is 24.3 Å². The Morgan fingerprint density at radius 2 is 1.60 bits per heavy atom. The van der Waals surface area contributed by atoms with Gasteiger partial charge in [-0.05, 0) is 145 Å². The first-order valence-electron chi connectivity index (χ1n) is 17.0. The van der Waals surface area contributed by atoms with Crippen LogP contribution in [0.5, 0.6) is 5.75 Å². The highest BCUT2D eigenvalue weighted by Crippen LogP contribution is 2.58. The van der Waals surface area contributed by atoms with Crippen LogP contribution < -0.4 is 9.64 Å². The van der Waals surface area contributed by atoms with Gasteiger partial charge >= 0.3 is 0 Å². The number of amides is 1. The fourth-order valence-corrected chi connectivity index (χ4v) is 8.43. The number of carbonyl (C=O) groups is 2. The number of hydrogen-bond acceptors (Lipinski definition) is 4. The number of Topliss-reactive ketones (excluding diaryl/α,β-unsaturated/α-hetero) is 1. The molecule has 240 valence electrons. The summed E-state index contributed by atoms with van der Waals surface area (Å²) >= 11 is 0. The van der Waals surface area contributed by atoms with Crippen molar-refractivity contribution in [1.29, 1.82) is 0 Å². The van der Waals surface area contributed by atoms with E-state index in [0.29, 0.717) is 0 Å². The molecular weight excluding hydrogens is 558 g/mol. The molecule has 0 atom stereocenters. The highest BCUT2D eigenvalue weighted by Gasteiger charge is 2.50. The van der Waals surface area contributed by atoms with Gasteiger partial charge in [0.1, 0.15) is 11.5 Å². The Hall–Kier alpha value is -3.41. The molecule has 45 heavy (non-hydrogen) atoms. The predicted octanol–water partition coefficient (Wildman–Crippen LogP) is 8.64. The second-order valence-corrected chi connectivity index (χ2v) is 15.4. The third kappa shape index (κ3) is 6.22. The van der Waals surface area contributed by atoms with Crippen molar-refractivity contribution < 1.29 is 14.3 Å². The molecule has 4 aliphatic rings. The van der Waals surface area contributed by atoms with Crippen LogP contribution in [0, 0.1) is 24.2 Å².